The second kappa shape index (κ2) is 11.4. The van der Waals surface area contributed by atoms with Crippen molar-refractivity contribution in [1.29, 1.82) is 0 Å². The van der Waals surface area contributed by atoms with E-state index in [2.05, 4.69) is 176 Å². The number of rotatable bonds is 7. The van der Waals surface area contributed by atoms with Gasteiger partial charge >= 0.3 is 0 Å². The minimum absolute atomic E-state index is 0.447. The molecule has 42 heavy (non-hydrogen) atoms. The first kappa shape index (κ1) is 25.8. The van der Waals surface area contributed by atoms with Crippen molar-refractivity contribution < 1.29 is 0 Å². The highest BCUT2D eigenvalue weighted by molar-refractivity contribution is 5.99. The summed E-state index contributed by atoms with van der Waals surface area (Å²) in [6.45, 7) is 2.32. The van der Waals surface area contributed by atoms with Crippen molar-refractivity contribution >= 4 is 38.6 Å². The van der Waals surface area contributed by atoms with Gasteiger partial charge in [-0.05, 0) is 81.1 Å². The Morgan fingerprint density at radius 1 is 0.476 bits per heavy atom. The largest absolute Gasteiger partial charge is 0.310 e. The first-order valence-corrected chi connectivity index (χ1v) is 14.7. The Labute approximate surface area is 248 Å². The number of fused-ring (bicyclic) bond motifs is 2. The van der Waals surface area contributed by atoms with Gasteiger partial charge in [-0.1, -0.05) is 140 Å². The monoisotopic (exact) mass is 539 g/mol. The smallest absolute Gasteiger partial charge is 0.0540 e. The average Bonchev–Trinajstić information content (AvgIpc) is 3.06. The Hall–Kier alpha value is -5.14. The number of anilines is 3. The van der Waals surface area contributed by atoms with Gasteiger partial charge in [0.2, 0.25) is 0 Å². The van der Waals surface area contributed by atoms with E-state index >= 15 is 0 Å². The van der Waals surface area contributed by atoms with Crippen LogP contribution in [0.15, 0.2) is 164 Å². The maximum absolute atomic E-state index is 2.35. The van der Waals surface area contributed by atoms with Gasteiger partial charge in [0.05, 0.1) is 5.69 Å². The first-order valence-electron chi connectivity index (χ1n) is 14.7. The number of para-hydroxylation sites is 1. The Morgan fingerprint density at radius 2 is 1.07 bits per heavy atom. The van der Waals surface area contributed by atoms with Gasteiger partial charge in [0.25, 0.3) is 0 Å². The molecule has 1 heteroatoms. The fourth-order valence-corrected chi connectivity index (χ4v) is 6.05. The average molecular weight is 540 g/mol. The van der Waals surface area contributed by atoms with E-state index < -0.39 is 0 Å². The molecule has 0 saturated heterocycles. The molecule has 0 fully saturated rings. The molecule has 1 unspecified atom stereocenters. The molecule has 7 aromatic carbocycles. The van der Waals surface area contributed by atoms with Gasteiger partial charge in [-0.15, -0.1) is 0 Å². The van der Waals surface area contributed by atoms with Crippen molar-refractivity contribution in [1.82, 2.24) is 0 Å². The summed E-state index contributed by atoms with van der Waals surface area (Å²) in [5.74, 6) is 0.447. The van der Waals surface area contributed by atoms with E-state index in [1.54, 1.807) is 0 Å². The zero-order chi connectivity index (χ0) is 28.3. The van der Waals surface area contributed by atoms with Crippen molar-refractivity contribution in [2.75, 3.05) is 4.90 Å². The highest BCUT2D eigenvalue weighted by Crippen LogP contribution is 2.39. The lowest BCUT2D eigenvalue weighted by Crippen LogP contribution is -2.10. The van der Waals surface area contributed by atoms with Crippen LogP contribution in [0, 0.1) is 0 Å². The van der Waals surface area contributed by atoms with Crippen LogP contribution in [0.5, 0.6) is 0 Å². The highest BCUT2D eigenvalue weighted by Gasteiger charge is 2.15. The zero-order valence-corrected chi connectivity index (χ0v) is 23.8. The third kappa shape index (κ3) is 5.18. The summed E-state index contributed by atoms with van der Waals surface area (Å²) in [6.07, 6.45) is 1.03. The van der Waals surface area contributed by atoms with E-state index in [1.807, 2.05) is 0 Å². The van der Waals surface area contributed by atoms with E-state index in [0.717, 1.165) is 17.8 Å². The van der Waals surface area contributed by atoms with Gasteiger partial charge in [0.1, 0.15) is 0 Å². The zero-order valence-electron chi connectivity index (χ0n) is 23.8. The van der Waals surface area contributed by atoms with Crippen LogP contribution in [0.4, 0.5) is 17.1 Å². The van der Waals surface area contributed by atoms with Crippen LogP contribution < -0.4 is 4.90 Å². The second-order valence-electron chi connectivity index (χ2n) is 11.1. The first-order chi connectivity index (χ1) is 20.7. The molecule has 0 saturated carbocycles. The molecule has 1 nitrogen and oxygen atoms in total. The standard InChI is InChI=1S/C41H33N/c1-30(28-31-18-19-33-10-5-6-12-37(33)29-31)32-20-22-34(23-21-32)35-24-26-39(27-25-35)42(38-14-3-2-4-15-38)41-17-9-13-36-11-7-8-16-40(36)41/h2-27,29-30H,28H2,1H3. The summed E-state index contributed by atoms with van der Waals surface area (Å²) in [5, 5.41) is 5.09. The molecule has 0 bridgehead atoms. The molecular weight excluding hydrogens is 506 g/mol. The van der Waals surface area contributed by atoms with Crippen LogP contribution in [0.2, 0.25) is 0 Å². The van der Waals surface area contributed by atoms with Crippen molar-refractivity contribution in [3.8, 4) is 11.1 Å². The van der Waals surface area contributed by atoms with E-state index in [4.69, 9.17) is 0 Å². The van der Waals surface area contributed by atoms with Gasteiger partial charge in [0, 0.05) is 16.8 Å². The number of hydrogen-bond donors (Lipinski definition) is 0. The van der Waals surface area contributed by atoms with Gasteiger partial charge in [0.15, 0.2) is 0 Å². The summed E-state index contributed by atoms with van der Waals surface area (Å²) < 4.78 is 0. The van der Waals surface area contributed by atoms with E-state index in [-0.39, 0.29) is 0 Å². The van der Waals surface area contributed by atoms with E-state index in [9.17, 15) is 0 Å². The number of hydrogen-bond acceptors (Lipinski definition) is 1. The normalized spacial score (nSPS) is 11.9. The fourth-order valence-electron chi connectivity index (χ4n) is 6.05. The van der Waals surface area contributed by atoms with Crippen LogP contribution in [0.1, 0.15) is 24.0 Å². The lowest BCUT2D eigenvalue weighted by molar-refractivity contribution is 0.760. The van der Waals surface area contributed by atoms with Gasteiger partial charge in [-0.25, -0.2) is 0 Å². The fraction of sp³-hybridized carbons (Fsp3) is 0.0732. The molecule has 0 aromatic heterocycles. The molecule has 0 aliphatic rings. The van der Waals surface area contributed by atoms with E-state index in [1.165, 1.54) is 49.5 Å². The van der Waals surface area contributed by atoms with Crippen LogP contribution in [-0.4, -0.2) is 0 Å². The summed E-state index contributed by atoms with van der Waals surface area (Å²) >= 11 is 0. The Bertz CT molecular complexity index is 1950. The highest BCUT2D eigenvalue weighted by atomic mass is 15.1. The quantitative estimate of drug-likeness (QED) is 0.195. The van der Waals surface area contributed by atoms with E-state index in [0.29, 0.717) is 5.92 Å². The summed E-state index contributed by atoms with van der Waals surface area (Å²) in [4.78, 5) is 2.35. The lowest BCUT2D eigenvalue weighted by atomic mass is 9.91. The molecule has 1 atom stereocenters. The Morgan fingerprint density at radius 3 is 1.83 bits per heavy atom. The van der Waals surface area contributed by atoms with Crippen molar-refractivity contribution in [2.24, 2.45) is 0 Å². The minimum atomic E-state index is 0.447. The molecule has 0 radical (unpaired) electrons. The molecule has 0 amide bonds. The molecule has 0 spiro atoms. The van der Waals surface area contributed by atoms with Gasteiger partial charge in [-0.2, -0.15) is 0 Å². The van der Waals surface area contributed by atoms with Crippen LogP contribution in [0.25, 0.3) is 32.7 Å². The Kier molecular flexibility index (Phi) is 7.00. The third-order valence-corrected chi connectivity index (χ3v) is 8.32. The topological polar surface area (TPSA) is 3.24 Å². The van der Waals surface area contributed by atoms with Crippen molar-refractivity contribution in [2.45, 2.75) is 19.3 Å². The maximum atomic E-state index is 2.35. The predicted molar refractivity (Wildman–Crippen MR) is 180 cm³/mol. The molecule has 7 rings (SSSR count). The Balaban J connectivity index is 1.14. The third-order valence-electron chi connectivity index (χ3n) is 8.32. The summed E-state index contributed by atoms with van der Waals surface area (Å²) in [7, 11) is 0. The predicted octanol–water partition coefficient (Wildman–Crippen LogP) is 11.5. The molecule has 0 aliphatic carbocycles. The molecule has 0 heterocycles. The molecule has 7 aromatic rings. The van der Waals surface area contributed by atoms with Crippen molar-refractivity contribution in [3.05, 3.63) is 175 Å². The molecule has 202 valence electrons. The van der Waals surface area contributed by atoms with Gasteiger partial charge in [-0.3, -0.25) is 0 Å². The van der Waals surface area contributed by atoms with Crippen LogP contribution >= 0.6 is 0 Å². The molecule has 0 aliphatic heterocycles. The summed E-state index contributed by atoms with van der Waals surface area (Å²) in [5.41, 5.74) is 8.67. The SMILES string of the molecule is CC(Cc1ccc2ccccc2c1)c1ccc(-c2ccc(N(c3ccccc3)c3cccc4ccccc34)cc2)cc1. The van der Waals surface area contributed by atoms with Crippen LogP contribution in [0.3, 0.4) is 0 Å². The summed E-state index contributed by atoms with van der Waals surface area (Å²) in [6, 6.07) is 59.3. The van der Waals surface area contributed by atoms with Gasteiger partial charge < -0.3 is 4.90 Å². The molecular formula is C41H33N. The number of benzene rings is 7. The molecule has 0 N–H and O–H groups in total. The maximum Gasteiger partial charge on any atom is 0.0540 e. The lowest BCUT2D eigenvalue weighted by Gasteiger charge is -2.27. The van der Waals surface area contributed by atoms with Crippen LogP contribution in [-0.2, 0) is 6.42 Å². The second-order valence-corrected chi connectivity index (χ2v) is 11.1. The number of nitrogens with zero attached hydrogens (tertiary/aromatic N) is 1. The van der Waals surface area contributed by atoms with Crippen molar-refractivity contribution in [3.63, 3.8) is 0 Å². The minimum Gasteiger partial charge on any atom is -0.310 e.